The molecule has 38 heavy (non-hydrogen) atoms. The standard InChI is InChI=1S/C28H23N5O3S2/c1-35-21-14-12-20(13-15-21)27-33(23(34)17-37-27)28-32-29-22(38-28)16-36-26-24(18-8-4-2-5-9-18)30-31-25(26)19-10-6-3-7-11-19/h2-15,27H,16-17H2,1H3,(H,30,31). The Balaban J connectivity index is 1.26. The van der Waals surface area contributed by atoms with E-state index in [0.717, 1.165) is 33.8 Å². The molecule has 8 nitrogen and oxygen atoms in total. The molecule has 5 aromatic rings. The maximum atomic E-state index is 12.8. The monoisotopic (exact) mass is 541 g/mol. The maximum absolute atomic E-state index is 12.8. The van der Waals surface area contributed by atoms with Crippen molar-refractivity contribution < 1.29 is 14.3 Å². The van der Waals surface area contributed by atoms with Crippen LogP contribution in [0.5, 0.6) is 11.5 Å². The van der Waals surface area contributed by atoms with E-state index in [1.165, 1.54) is 11.3 Å². The van der Waals surface area contributed by atoms with E-state index in [1.807, 2.05) is 84.9 Å². The molecular weight excluding hydrogens is 518 g/mol. The molecule has 1 saturated heterocycles. The minimum absolute atomic E-state index is 0.00648. The molecule has 6 rings (SSSR count). The Morgan fingerprint density at radius 3 is 2.37 bits per heavy atom. The molecular formula is C28H23N5O3S2. The molecule has 1 fully saturated rings. The molecule has 0 spiro atoms. The van der Waals surface area contributed by atoms with Crippen LogP contribution in [-0.2, 0) is 11.4 Å². The number of benzene rings is 3. The Labute approximate surface area is 227 Å². The van der Waals surface area contributed by atoms with E-state index in [0.29, 0.717) is 21.6 Å². The van der Waals surface area contributed by atoms with Gasteiger partial charge in [-0.25, -0.2) is 0 Å². The lowest BCUT2D eigenvalue weighted by molar-refractivity contribution is -0.115. The number of carbonyl (C=O) groups is 1. The van der Waals surface area contributed by atoms with Gasteiger partial charge in [-0.2, -0.15) is 5.10 Å². The largest absolute Gasteiger partial charge is 0.497 e. The minimum Gasteiger partial charge on any atom is -0.497 e. The van der Waals surface area contributed by atoms with Gasteiger partial charge in [0.1, 0.15) is 29.1 Å². The van der Waals surface area contributed by atoms with Crippen molar-refractivity contribution in [3.63, 3.8) is 0 Å². The van der Waals surface area contributed by atoms with Crippen LogP contribution in [0.3, 0.4) is 0 Å². The van der Waals surface area contributed by atoms with Crippen LogP contribution in [0.15, 0.2) is 84.9 Å². The van der Waals surface area contributed by atoms with Gasteiger partial charge in [0, 0.05) is 11.1 Å². The second kappa shape index (κ2) is 10.7. The number of nitrogens with zero attached hydrogens (tertiary/aromatic N) is 4. The number of amides is 1. The van der Waals surface area contributed by atoms with Crippen LogP contribution < -0.4 is 14.4 Å². The number of carbonyl (C=O) groups excluding carboxylic acids is 1. The van der Waals surface area contributed by atoms with E-state index in [4.69, 9.17) is 9.47 Å². The number of hydrogen-bond donors (Lipinski definition) is 1. The second-order valence-electron chi connectivity index (χ2n) is 8.48. The Bertz CT molecular complexity index is 1480. The van der Waals surface area contributed by atoms with Gasteiger partial charge in [0.15, 0.2) is 10.8 Å². The van der Waals surface area contributed by atoms with E-state index < -0.39 is 0 Å². The SMILES string of the molecule is COc1ccc(C2SCC(=O)N2c2nnc(COc3c(-c4ccccc4)n[nH]c3-c3ccccc3)s2)cc1. The molecule has 3 aromatic carbocycles. The number of thioether (sulfide) groups is 1. The lowest BCUT2D eigenvalue weighted by Gasteiger charge is -2.21. The Morgan fingerprint density at radius 1 is 0.947 bits per heavy atom. The fourth-order valence-electron chi connectivity index (χ4n) is 4.24. The van der Waals surface area contributed by atoms with E-state index in [2.05, 4.69) is 20.4 Å². The number of rotatable bonds is 8. The number of anilines is 1. The molecule has 0 aliphatic carbocycles. The number of hydrogen-bond acceptors (Lipinski definition) is 8. The summed E-state index contributed by atoms with van der Waals surface area (Å²) in [7, 11) is 1.63. The predicted octanol–water partition coefficient (Wildman–Crippen LogP) is 5.96. The third-order valence-electron chi connectivity index (χ3n) is 6.10. The van der Waals surface area contributed by atoms with Gasteiger partial charge in [-0.3, -0.25) is 14.8 Å². The highest BCUT2D eigenvalue weighted by Gasteiger charge is 2.36. The number of nitrogens with one attached hydrogen (secondary N) is 1. The third-order valence-corrected chi connectivity index (χ3v) is 8.21. The van der Waals surface area contributed by atoms with Gasteiger partial charge in [-0.1, -0.05) is 84.1 Å². The zero-order valence-electron chi connectivity index (χ0n) is 20.4. The smallest absolute Gasteiger partial charge is 0.240 e. The molecule has 1 amide bonds. The first-order chi connectivity index (χ1) is 18.7. The summed E-state index contributed by atoms with van der Waals surface area (Å²) in [5, 5.41) is 17.4. The number of H-pyrrole nitrogens is 1. The number of aromatic amines is 1. The maximum Gasteiger partial charge on any atom is 0.240 e. The van der Waals surface area contributed by atoms with Crippen molar-refractivity contribution in [1.82, 2.24) is 20.4 Å². The van der Waals surface area contributed by atoms with Crippen molar-refractivity contribution in [3.05, 3.63) is 95.5 Å². The van der Waals surface area contributed by atoms with Gasteiger partial charge in [-0.05, 0) is 17.7 Å². The first-order valence-electron chi connectivity index (χ1n) is 11.9. The van der Waals surface area contributed by atoms with Crippen LogP contribution >= 0.6 is 23.1 Å². The predicted molar refractivity (Wildman–Crippen MR) is 149 cm³/mol. The zero-order valence-corrected chi connectivity index (χ0v) is 22.0. The Morgan fingerprint density at radius 2 is 1.66 bits per heavy atom. The summed E-state index contributed by atoms with van der Waals surface area (Å²) in [6.45, 7) is 0.194. The Hall–Kier alpha value is -4.15. The Kier molecular flexibility index (Phi) is 6.80. The summed E-state index contributed by atoms with van der Waals surface area (Å²) in [4.78, 5) is 14.5. The molecule has 10 heteroatoms. The number of ether oxygens (including phenoxy) is 2. The van der Waals surface area contributed by atoms with Crippen LogP contribution in [0.2, 0.25) is 0 Å². The summed E-state index contributed by atoms with van der Waals surface area (Å²) in [5.41, 5.74) is 4.44. The lowest BCUT2D eigenvalue weighted by Crippen LogP contribution is -2.27. The van der Waals surface area contributed by atoms with E-state index in [9.17, 15) is 4.79 Å². The van der Waals surface area contributed by atoms with Crippen LogP contribution in [0, 0.1) is 0 Å². The van der Waals surface area contributed by atoms with Crippen LogP contribution in [0.1, 0.15) is 15.9 Å². The molecule has 1 N–H and O–H groups in total. The van der Waals surface area contributed by atoms with Crippen molar-refractivity contribution in [2.45, 2.75) is 12.0 Å². The summed E-state index contributed by atoms with van der Waals surface area (Å²) in [6.07, 6.45) is 0. The highest BCUT2D eigenvalue weighted by molar-refractivity contribution is 8.00. The van der Waals surface area contributed by atoms with Gasteiger partial charge in [0.2, 0.25) is 11.0 Å². The highest BCUT2D eigenvalue weighted by atomic mass is 32.2. The lowest BCUT2D eigenvalue weighted by atomic mass is 10.1. The van der Waals surface area contributed by atoms with Gasteiger partial charge < -0.3 is 9.47 Å². The summed E-state index contributed by atoms with van der Waals surface area (Å²) < 4.78 is 11.6. The molecule has 3 heterocycles. The van der Waals surface area contributed by atoms with Crippen molar-refractivity contribution in [3.8, 4) is 34.0 Å². The van der Waals surface area contributed by atoms with Gasteiger partial charge >= 0.3 is 0 Å². The zero-order chi connectivity index (χ0) is 25.9. The first-order valence-corrected chi connectivity index (χ1v) is 13.8. The molecule has 1 unspecified atom stereocenters. The number of aromatic nitrogens is 4. The molecule has 1 aliphatic rings. The minimum atomic E-state index is -0.168. The molecule has 0 bridgehead atoms. The fourth-order valence-corrected chi connectivity index (χ4v) is 6.26. The molecule has 2 aromatic heterocycles. The summed E-state index contributed by atoms with van der Waals surface area (Å²) in [5.74, 6) is 1.81. The fraction of sp³-hybridized carbons (Fsp3) is 0.143. The van der Waals surface area contributed by atoms with E-state index in [1.54, 1.807) is 23.8 Å². The normalized spacial score (nSPS) is 15.1. The van der Waals surface area contributed by atoms with Crippen molar-refractivity contribution in [2.24, 2.45) is 0 Å². The first kappa shape index (κ1) is 24.2. The second-order valence-corrected chi connectivity index (χ2v) is 10.6. The molecule has 0 saturated carbocycles. The number of methoxy groups -OCH3 is 1. The molecule has 1 atom stereocenters. The topological polar surface area (TPSA) is 93.2 Å². The van der Waals surface area contributed by atoms with E-state index in [-0.39, 0.29) is 17.9 Å². The molecule has 0 radical (unpaired) electrons. The van der Waals surface area contributed by atoms with E-state index >= 15 is 0 Å². The quantitative estimate of drug-likeness (QED) is 0.259. The van der Waals surface area contributed by atoms with Gasteiger partial charge in [0.25, 0.3) is 0 Å². The third kappa shape index (κ3) is 4.75. The van der Waals surface area contributed by atoms with Crippen molar-refractivity contribution in [2.75, 3.05) is 17.8 Å². The highest BCUT2D eigenvalue weighted by Crippen LogP contribution is 2.43. The average Bonchev–Trinajstić information content (AvgIpc) is 3.71. The summed E-state index contributed by atoms with van der Waals surface area (Å²) in [6, 6.07) is 27.6. The van der Waals surface area contributed by atoms with Gasteiger partial charge in [0.05, 0.1) is 12.9 Å². The van der Waals surface area contributed by atoms with Crippen LogP contribution in [0.4, 0.5) is 5.13 Å². The average molecular weight is 542 g/mol. The van der Waals surface area contributed by atoms with Crippen LogP contribution in [-0.4, -0.2) is 39.2 Å². The molecule has 1 aliphatic heterocycles. The molecule has 190 valence electrons. The van der Waals surface area contributed by atoms with Crippen molar-refractivity contribution >= 4 is 34.1 Å². The summed E-state index contributed by atoms with van der Waals surface area (Å²) >= 11 is 2.92. The van der Waals surface area contributed by atoms with Crippen LogP contribution in [0.25, 0.3) is 22.5 Å². The van der Waals surface area contributed by atoms with Gasteiger partial charge in [-0.15, -0.1) is 22.0 Å². The van der Waals surface area contributed by atoms with Crippen molar-refractivity contribution in [1.29, 1.82) is 0 Å².